The monoisotopic (exact) mass is 251 g/mol. The molecule has 0 fully saturated rings. The zero-order valence-electron chi connectivity index (χ0n) is 11.0. The van der Waals surface area contributed by atoms with E-state index < -0.39 is 0 Å². The molecule has 0 aromatic carbocycles. The van der Waals surface area contributed by atoms with Crippen LogP contribution in [0, 0.1) is 0 Å². The van der Waals surface area contributed by atoms with Gasteiger partial charge < -0.3 is 15.0 Å². The van der Waals surface area contributed by atoms with E-state index in [1.54, 1.807) is 26.2 Å². The summed E-state index contributed by atoms with van der Waals surface area (Å²) >= 11 is 0. The Morgan fingerprint density at radius 2 is 2.22 bits per heavy atom. The number of amides is 1. The van der Waals surface area contributed by atoms with Crippen LogP contribution in [0.5, 0.6) is 0 Å². The van der Waals surface area contributed by atoms with Gasteiger partial charge >= 0.3 is 0 Å². The number of aliphatic hydroxyl groups is 1. The van der Waals surface area contributed by atoms with E-state index in [1.807, 2.05) is 11.0 Å². The summed E-state index contributed by atoms with van der Waals surface area (Å²) in [4.78, 5) is 18.4. The van der Waals surface area contributed by atoms with E-state index in [1.165, 1.54) is 4.90 Å². The number of aromatic nitrogens is 1. The van der Waals surface area contributed by atoms with Crippen LogP contribution in [0.4, 0.5) is 0 Å². The molecule has 0 aliphatic carbocycles. The van der Waals surface area contributed by atoms with Crippen molar-refractivity contribution in [3.8, 4) is 0 Å². The molecule has 100 valence electrons. The van der Waals surface area contributed by atoms with Crippen molar-refractivity contribution in [2.75, 3.05) is 33.8 Å². The smallest absolute Gasteiger partial charge is 0.269 e. The Hall–Kier alpha value is -1.59. The summed E-state index contributed by atoms with van der Waals surface area (Å²) in [6.07, 6.45) is 1.80. The Labute approximate surface area is 108 Å². The highest BCUT2D eigenvalue weighted by atomic mass is 16.3. The van der Waals surface area contributed by atoms with Gasteiger partial charge in [0.2, 0.25) is 0 Å². The molecule has 0 aliphatic heterocycles. The first-order valence-corrected chi connectivity index (χ1v) is 5.92. The van der Waals surface area contributed by atoms with Crippen LogP contribution in [0.15, 0.2) is 24.8 Å². The number of hydrogen-bond donors (Lipinski definition) is 2. The molecule has 1 rings (SSSR count). The Bertz CT molecular complexity index is 399. The molecule has 0 saturated heterocycles. The van der Waals surface area contributed by atoms with Crippen molar-refractivity contribution in [3.05, 3.63) is 36.2 Å². The molecule has 0 saturated carbocycles. The topological polar surface area (TPSA) is 59.6 Å². The Kier molecular flexibility index (Phi) is 5.61. The van der Waals surface area contributed by atoms with Crippen molar-refractivity contribution in [1.82, 2.24) is 14.8 Å². The summed E-state index contributed by atoms with van der Waals surface area (Å²) in [5.74, 6) is -0.0429. The first-order chi connectivity index (χ1) is 8.58. The van der Waals surface area contributed by atoms with Gasteiger partial charge in [-0.1, -0.05) is 6.08 Å². The number of H-pyrrole nitrogens is 1. The number of nitrogens with zero attached hydrogens (tertiary/aromatic N) is 2. The van der Waals surface area contributed by atoms with Crippen molar-refractivity contribution in [1.29, 1.82) is 0 Å². The van der Waals surface area contributed by atoms with Gasteiger partial charge in [-0.05, 0) is 12.1 Å². The second kappa shape index (κ2) is 6.98. The molecule has 5 heteroatoms. The maximum absolute atomic E-state index is 11.7. The average molecular weight is 251 g/mol. The maximum Gasteiger partial charge on any atom is 0.269 e. The van der Waals surface area contributed by atoms with Gasteiger partial charge in [0, 0.05) is 39.4 Å². The van der Waals surface area contributed by atoms with E-state index >= 15 is 0 Å². The Morgan fingerprint density at radius 3 is 2.78 bits per heavy atom. The van der Waals surface area contributed by atoms with Crippen LogP contribution in [0.25, 0.3) is 0 Å². The van der Waals surface area contributed by atoms with Crippen LogP contribution in [0.3, 0.4) is 0 Å². The van der Waals surface area contributed by atoms with Crippen LogP contribution < -0.4 is 0 Å². The summed E-state index contributed by atoms with van der Waals surface area (Å²) in [5, 5.41) is 8.96. The minimum absolute atomic E-state index is 0.0429. The number of carbonyl (C=O) groups excluding carboxylic acids is 1. The van der Waals surface area contributed by atoms with Gasteiger partial charge in [-0.3, -0.25) is 9.69 Å². The zero-order chi connectivity index (χ0) is 13.5. The summed E-state index contributed by atoms with van der Waals surface area (Å²) in [6.45, 7) is 5.75. The molecule has 0 aliphatic rings. The molecule has 0 atom stereocenters. The summed E-state index contributed by atoms with van der Waals surface area (Å²) < 4.78 is 0. The summed E-state index contributed by atoms with van der Waals surface area (Å²) in [7, 11) is 3.44. The fraction of sp³-hybridized carbons (Fsp3) is 0.462. The van der Waals surface area contributed by atoms with E-state index in [-0.39, 0.29) is 12.5 Å². The number of hydrogen-bond acceptors (Lipinski definition) is 3. The van der Waals surface area contributed by atoms with Gasteiger partial charge in [-0.2, -0.15) is 0 Å². The average Bonchev–Trinajstić information content (AvgIpc) is 2.77. The SMILES string of the molecule is C=CCN(CCO)Cc1ccc(C(=O)N(C)C)[nH]1. The van der Waals surface area contributed by atoms with Gasteiger partial charge in [0.05, 0.1) is 6.61 Å². The minimum Gasteiger partial charge on any atom is -0.395 e. The number of rotatable bonds is 7. The molecule has 2 N–H and O–H groups in total. The van der Waals surface area contributed by atoms with E-state index in [9.17, 15) is 4.79 Å². The van der Waals surface area contributed by atoms with Crippen LogP contribution in [0.1, 0.15) is 16.2 Å². The molecule has 18 heavy (non-hydrogen) atoms. The molecule has 0 bridgehead atoms. The summed E-state index contributed by atoms with van der Waals surface area (Å²) in [6, 6.07) is 3.67. The fourth-order valence-electron chi connectivity index (χ4n) is 1.70. The lowest BCUT2D eigenvalue weighted by Crippen LogP contribution is -2.27. The zero-order valence-corrected chi connectivity index (χ0v) is 11.0. The molecule has 0 unspecified atom stereocenters. The fourth-order valence-corrected chi connectivity index (χ4v) is 1.70. The quantitative estimate of drug-likeness (QED) is 0.701. The van der Waals surface area contributed by atoms with E-state index in [4.69, 9.17) is 5.11 Å². The largest absolute Gasteiger partial charge is 0.395 e. The van der Waals surface area contributed by atoms with Crippen molar-refractivity contribution < 1.29 is 9.90 Å². The molecule has 0 spiro atoms. The van der Waals surface area contributed by atoms with Gasteiger partial charge in [0.15, 0.2) is 0 Å². The first kappa shape index (κ1) is 14.5. The standard InChI is InChI=1S/C13H21N3O2/c1-4-7-16(8-9-17)10-11-5-6-12(14-11)13(18)15(2)3/h4-6,14,17H,1,7-10H2,2-3H3. The van der Waals surface area contributed by atoms with Crippen molar-refractivity contribution in [2.45, 2.75) is 6.54 Å². The van der Waals surface area contributed by atoms with Gasteiger partial charge in [-0.15, -0.1) is 6.58 Å². The van der Waals surface area contributed by atoms with Crippen molar-refractivity contribution in [3.63, 3.8) is 0 Å². The maximum atomic E-state index is 11.7. The molecule has 5 nitrogen and oxygen atoms in total. The first-order valence-electron chi connectivity index (χ1n) is 5.92. The van der Waals surface area contributed by atoms with Gasteiger partial charge in [-0.25, -0.2) is 0 Å². The van der Waals surface area contributed by atoms with Crippen LogP contribution >= 0.6 is 0 Å². The van der Waals surface area contributed by atoms with E-state index in [0.29, 0.717) is 25.3 Å². The normalized spacial score (nSPS) is 10.7. The minimum atomic E-state index is -0.0429. The molecule has 1 aromatic heterocycles. The number of carbonyl (C=O) groups is 1. The molecule has 0 radical (unpaired) electrons. The van der Waals surface area contributed by atoms with E-state index in [0.717, 1.165) is 5.69 Å². The van der Waals surface area contributed by atoms with Crippen LogP contribution in [0.2, 0.25) is 0 Å². The number of aliphatic hydroxyl groups excluding tert-OH is 1. The second-order valence-electron chi connectivity index (χ2n) is 4.34. The van der Waals surface area contributed by atoms with Crippen LogP contribution in [-0.4, -0.2) is 59.6 Å². The lowest BCUT2D eigenvalue weighted by molar-refractivity contribution is 0.0822. The lowest BCUT2D eigenvalue weighted by atomic mass is 10.3. The molecule has 1 amide bonds. The summed E-state index contributed by atoms with van der Waals surface area (Å²) in [5.41, 5.74) is 1.54. The third-order valence-corrected chi connectivity index (χ3v) is 2.58. The molecular weight excluding hydrogens is 230 g/mol. The Balaban J connectivity index is 2.67. The predicted octanol–water partition coefficient (Wildman–Crippen LogP) is 0.697. The number of aromatic amines is 1. The molecular formula is C13H21N3O2. The second-order valence-corrected chi connectivity index (χ2v) is 4.34. The molecule has 1 aromatic rings. The van der Waals surface area contributed by atoms with Gasteiger partial charge in [0.25, 0.3) is 5.91 Å². The highest BCUT2D eigenvalue weighted by Gasteiger charge is 2.11. The van der Waals surface area contributed by atoms with Crippen LogP contribution in [-0.2, 0) is 6.54 Å². The van der Waals surface area contributed by atoms with Gasteiger partial charge in [0.1, 0.15) is 5.69 Å². The lowest BCUT2D eigenvalue weighted by Gasteiger charge is -2.18. The third kappa shape index (κ3) is 4.01. The molecule has 1 heterocycles. The van der Waals surface area contributed by atoms with Crippen molar-refractivity contribution in [2.24, 2.45) is 0 Å². The predicted molar refractivity (Wildman–Crippen MR) is 71.4 cm³/mol. The van der Waals surface area contributed by atoms with E-state index in [2.05, 4.69) is 11.6 Å². The Morgan fingerprint density at radius 1 is 1.50 bits per heavy atom. The highest BCUT2D eigenvalue weighted by molar-refractivity contribution is 5.92. The highest BCUT2D eigenvalue weighted by Crippen LogP contribution is 2.07. The third-order valence-electron chi connectivity index (χ3n) is 2.58. The van der Waals surface area contributed by atoms with Crippen molar-refractivity contribution >= 4 is 5.91 Å². The number of nitrogens with one attached hydrogen (secondary N) is 1.